The van der Waals surface area contributed by atoms with E-state index in [0.717, 1.165) is 55.3 Å². The van der Waals surface area contributed by atoms with Gasteiger partial charge in [0.25, 0.3) is 0 Å². The molecule has 0 radical (unpaired) electrons. The number of aromatic nitrogens is 1. The number of halogens is 2. The standard InChI is InChI=1S/C25H30FN5O.HI/c1-18-3-7-20(8-4-18)24-29-23(17-32-24)15-28-25(27-2)30-22-11-13-31(14-12-22)16-19-5-9-21(26)10-6-19;/h3-10,17,22H,11-16H2,1-2H3,(H2,27,28,30);1H. The summed E-state index contributed by atoms with van der Waals surface area (Å²) in [4.78, 5) is 11.3. The molecule has 3 aromatic rings. The van der Waals surface area contributed by atoms with Crippen LogP contribution in [0.4, 0.5) is 4.39 Å². The molecule has 4 rings (SSSR count). The van der Waals surface area contributed by atoms with Gasteiger partial charge in [0, 0.05) is 38.3 Å². The predicted molar refractivity (Wildman–Crippen MR) is 140 cm³/mol. The van der Waals surface area contributed by atoms with Crippen molar-refractivity contribution in [1.82, 2.24) is 20.5 Å². The third kappa shape index (κ3) is 7.26. The molecule has 1 aliphatic heterocycles. The molecule has 8 heteroatoms. The molecule has 176 valence electrons. The third-order valence-corrected chi connectivity index (χ3v) is 5.76. The van der Waals surface area contributed by atoms with Crippen molar-refractivity contribution in [2.45, 2.75) is 38.9 Å². The summed E-state index contributed by atoms with van der Waals surface area (Å²) in [6, 6.07) is 15.3. The Bertz CT molecular complexity index is 1030. The van der Waals surface area contributed by atoms with Gasteiger partial charge in [0.2, 0.25) is 5.89 Å². The number of nitrogens with zero attached hydrogens (tertiary/aromatic N) is 3. The van der Waals surface area contributed by atoms with E-state index in [0.29, 0.717) is 18.5 Å². The van der Waals surface area contributed by atoms with E-state index in [1.54, 1.807) is 13.3 Å². The zero-order chi connectivity index (χ0) is 22.3. The fraction of sp³-hybridized carbons (Fsp3) is 0.360. The normalized spacial score (nSPS) is 15.2. The van der Waals surface area contributed by atoms with Crippen molar-refractivity contribution in [3.63, 3.8) is 0 Å². The van der Waals surface area contributed by atoms with Crippen molar-refractivity contribution in [2.24, 2.45) is 4.99 Å². The maximum atomic E-state index is 13.1. The summed E-state index contributed by atoms with van der Waals surface area (Å²) in [5, 5.41) is 6.85. The second-order valence-corrected chi connectivity index (χ2v) is 8.26. The Balaban J connectivity index is 0.00000306. The minimum Gasteiger partial charge on any atom is -0.444 e. The molecule has 6 nitrogen and oxygen atoms in total. The number of guanidine groups is 1. The fourth-order valence-electron chi connectivity index (χ4n) is 3.86. The Morgan fingerprint density at radius 1 is 1.12 bits per heavy atom. The summed E-state index contributed by atoms with van der Waals surface area (Å²) in [5.74, 6) is 1.20. The lowest BCUT2D eigenvalue weighted by Gasteiger charge is -2.33. The zero-order valence-corrected chi connectivity index (χ0v) is 21.4. The number of benzene rings is 2. The van der Waals surface area contributed by atoms with Gasteiger partial charge >= 0.3 is 0 Å². The van der Waals surface area contributed by atoms with E-state index in [1.165, 1.54) is 17.7 Å². The van der Waals surface area contributed by atoms with Crippen LogP contribution < -0.4 is 10.6 Å². The molecule has 1 fully saturated rings. The lowest BCUT2D eigenvalue weighted by Crippen LogP contribution is -2.48. The van der Waals surface area contributed by atoms with Gasteiger partial charge in [-0.2, -0.15) is 0 Å². The van der Waals surface area contributed by atoms with Crippen LogP contribution in [0.15, 0.2) is 64.2 Å². The summed E-state index contributed by atoms with van der Waals surface area (Å²) in [7, 11) is 1.78. The molecule has 0 saturated carbocycles. The minimum absolute atomic E-state index is 0. The molecule has 0 amide bonds. The molecular formula is C25H31FIN5O. The van der Waals surface area contributed by atoms with E-state index in [-0.39, 0.29) is 29.8 Å². The van der Waals surface area contributed by atoms with Crippen LogP contribution >= 0.6 is 24.0 Å². The Kier molecular flexibility index (Phi) is 9.25. The first-order valence-corrected chi connectivity index (χ1v) is 11.0. The molecule has 33 heavy (non-hydrogen) atoms. The van der Waals surface area contributed by atoms with Gasteiger partial charge in [0.05, 0.1) is 12.2 Å². The van der Waals surface area contributed by atoms with Crippen molar-refractivity contribution >= 4 is 29.9 Å². The third-order valence-electron chi connectivity index (χ3n) is 5.76. The molecule has 2 aromatic carbocycles. The number of likely N-dealkylation sites (tertiary alicyclic amines) is 1. The van der Waals surface area contributed by atoms with Gasteiger partial charge < -0.3 is 15.1 Å². The van der Waals surface area contributed by atoms with Gasteiger partial charge in [0.1, 0.15) is 12.1 Å². The number of hydrogen-bond donors (Lipinski definition) is 2. The maximum Gasteiger partial charge on any atom is 0.226 e. The van der Waals surface area contributed by atoms with Crippen molar-refractivity contribution < 1.29 is 8.81 Å². The van der Waals surface area contributed by atoms with E-state index in [4.69, 9.17) is 4.42 Å². The summed E-state index contributed by atoms with van der Waals surface area (Å²) in [5.41, 5.74) is 4.15. The topological polar surface area (TPSA) is 65.7 Å². The van der Waals surface area contributed by atoms with E-state index in [1.807, 2.05) is 36.4 Å². The number of hydrogen-bond acceptors (Lipinski definition) is 4. The van der Waals surface area contributed by atoms with Crippen molar-refractivity contribution in [3.05, 3.63) is 77.4 Å². The number of aryl methyl sites for hydroxylation is 1. The zero-order valence-electron chi connectivity index (χ0n) is 19.1. The molecule has 2 heterocycles. The van der Waals surface area contributed by atoms with E-state index >= 15 is 0 Å². The molecule has 0 unspecified atom stereocenters. The summed E-state index contributed by atoms with van der Waals surface area (Å²) in [6.07, 6.45) is 3.75. The molecule has 1 aromatic heterocycles. The molecule has 2 N–H and O–H groups in total. The first-order valence-electron chi connectivity index (χ1n) is 11.0. The maximum absolute atomic E-state index is 13.1. The largest absolute Gasteiger partial charge is 0.444 e. The van der Waals surface area contributed by atoms with Crippen LogP contribution in [0.5, 0.6) is 0 Å². The number of oxazole rings is 1. The van der Waals surface area contributed by atoms with Crippen LogP contribution in [0.3, 0.4) is 0 Å². The summed E-state index contributed by atoms with van der Waals surface area (Å²) in [6.45, 7) is 5.45. The van der Waals surface area contributed by atoms with Gasteiger partial charge in [-0.3, -0.25) is 9.89 Å². The average molecular weight is 563 g/mol. The van der Waals surface area contributed by atoms with Gasteiger partial charge in [-0.15, -0.1) is 24.0 Å². The Hall–Kier alpha value is -2.46. The molecule has 1 saturated heterocycles. The van der Waals surface area contributed by atoms with Crippen LogP contribution in [-0.4, -0.2) is 42.0 Å². The summed E-state index contributed by atoms with van der Waals surface area (Å²) < 4.78 is 18.7. The van der Waals surface area contributed by atoms with Gasteiger partial charge in [0.15, 0.2) is 5.96 Å². The lowest BCUT2D eigenvalue weighted by molar-refractivity contribution is 0.198. The van der Waals surface area contributed by atoms with Gasteiger partial charge in [-0.1, -0.05) is 29.8 Å². The van der Waals surface area contributed by atoms with Crippen LogP contribution in [0.25, 0.3) is 11.5 Å². The van der Waals surface area contributed by atoms with Crippen molar-refractivity contribution in [3.8, 4) is 11.5 Å². The molecule has 1 aliphatic rings. The Labute approximate surface area is 211 Å². The van der Waals surface area contributed by atoms with Crippen LogP contribution in [0, 0.1) is 12.7 Å². The van der Waals surface area contributed by atoms with Crippen LogP contribution in [0.2, 0.25) is 0 Å². The van der Waals surface area contributed by atoms with E-state index < -0.39 is 0 Å². The second-order valence-electron chi connectivity index (χ2n) is 8.26. The highest BCUT2D eigenvalue weighted by atomic mass is 127. The van der Waals surface area contributed by atoms with Gasteiger partial charge in [-0.05, 0) is 49.6 Å². The lowest BCUT2D eigenvalue weighted by atomic mass is 10.0. The highest BCUT2D eigenvalue weighted by Crippen LogP contribution is 2.19. The first kappa shape index (κ1) is 25.2. The average Bonchev–Trinajstić information content (AvgIpc) is 3.29. The highest BCUT2D eigenvalue weighted by Gasteiger charge is 2.20. The van der Waals surface area contributed by atoms with Crippen LogP contribution in [0.1, 0.15) is 29.7 Å². The predicted octanol–water partition coefficient (Wildman–Crippen LogP) is 4.74. The van der Waals surface area contributed by atoms with Crippen molar-refractivity contribution in [1.29, 1.82) is 0 Å². The molecular weight excluding hydrogens is 532 g/mol. The van der Waals surface area contributed by atoms with Crippen molar-refractivity contribution in [2.75, 3.05) is 20.1 Å². The van der Waals surface area contributed by atoms with E-state index in [2.05, 4.69) is 32.4 Å². The molecule has 0 bridgehead atoms. The number of nitrogens with one attached hydrogen (secondary N) is 2. The number of aliphatic imine (C=N–C) groups is 1. The SMILES string of the molecule is CN=C(NCc1coc(-c2ccc(C)cc2)n1)NC1CCN(Cc2ccc(F)cc2)CC1.I. The minimum atomic E-state index is -0.187. The Morgan fingerprint density at radius 3 is 2.48 bits per heavy atom. The monoisotopic (exact) mass is 563 g/mol. The van der Waals surface area contributed by atoms with E-state index in [9.17, 15) is 4.39 Å². The Morgan fingerprint density at radius 2 is 1.82 bits per heavy atom. The number of rotatable bonds is 6. The fourth-order valence-corrected chi connectivity index (χ4v) is 3.86. The first-order chi connectivity index (χ1) is 15.6. The number of piperidine rings is 1. The quantitative estimate of drug-likeness (QED) is 0.258. The molecule has 0 atom stereocenters. The molecule has 0 aliphatic carbocycles. The van der Waals surface area contributed by atoms with Gasteiger partial charge in [-0.25, -0.2) is 9.37 Å². The second kappa shape index (κ2) is 12.1. The summed E-state index contributed by atoms with van der Waals surface area (Å²) >= 11 is 0. The molecule has 0 spiro atoms. The van der Waals surface area contributed by atoms with Crippen LogP contribution in [-0.2, 0) is 13.1 Å². The smallest absolute Gasteiger partial charge is 0.226 e. The highest BCUT2D eigenvalue weighted by molar-refractivity contribution is 14.0.